The average molecular weight is 337 g/mol. The molecule has 0 aliphatic heterocycles. The summed E-state index contributed by atoms with van der Waals surface area (Å²) >= 11 is 0. The number of esters is 1. The molecule has 0 atom stereocenters. The van der Waals surface area contributed by atoms with Crippen LogP contribution >= 0.6 is 0 Å². The number of nitrogens with zero attached hydrogens (tertiary/aromatic N) is 1. The molecule has 0 aromatic heterocycles. The molecule has 0 N–H and O–H groups in total. The van der Waals surface area contributed by atoms with Gasteiger partial charge in [0.15, 0.2) is 0 Å². The van der Waals surface area contributed by atoms with Crippen LogP contribution in [-0.4, -0.2) is 32.3 Å². The third-order valence-electron chi connectivity index (χ3n) is 3.12. The lowest BCUT2D eigenvalue weighted by atomic mass is 10.2. The van der Waals surface area contributed by atoms with E-state index in [1.807, 2.05) is 18.2 Å². The molecule has 0 heterocycles. The summed E-state index contributed by atoms with van der Waals surface area (Å²) in [5.74, 6) is -1.20. The topological polar surface area (TPSA) is 63.7 Å². The van der Waals surface area contributed by atoms with Gasteiger partial charge in [0, 0.05) is 7.05 Å². The van der Waals surface area contributed by atoms with E-state index >= 15 is 0 Å². The molecule has 2 aromatic carbocycles. The van der Waals surface area contributed by atoms with Crippen molar-refractivity contribution in [3.63, 3.8) is 0 Å². The average Bonchev–Trinajstić information content (AvgIpc) is 2.54. The van der Waals surface area contributed by atoms with Crippen LogP contribution in [0.5, 0.6) is 0 Å². The molecule has 23 heavy (non-hydrogen) atoms. The maximum atomic E-state index is 12.9. The molecule has 0 saturated carbocycles. The van der Waals surface area contributed by atoms with Crippen molar-refractivity contribution in [2.24, 2.45) is 0 Å². The van der Waals surface area contributed by atoms with Gasteiger partial charge in [0.2, 0.25) is 10.0 Å². The van der Waals surface area contributed by atoms with Gasteiger partial charge in [0.25, 0.3) is 0 Å². The molecule has 7 heteroatoms. The molecule has 0 fully saturated rings. The molecule has 2 rings (SSSR count). The summed E-state index contributed by atoms with van der Waals surface area (Å²) in [4.78, 5) is 11.7. The zero-order valence-corrected chi connectivity index (χ0v) is 13.3. The normalized spacial score (nSPS) is 11.4. The number of carbonyl (C=O) groups excluding carboxylic acids is 1. The Bertz CT molecular complexity index is 760. The Kier molecular flexibility index (Phi) is 5.46. The quantitative estimate of drug-likeness (QED) is 0.758. The van der Waals surface area contributed by atoms with E-state index in [-0.39, 0.29) is 11.5 Å². The minimum absolute atomic E-state index is 0.0735. The van der Waals surface area contributed by atoms with Crippen molar-refractivity contribution in [2.45, 2.75) is 11.5 Å². The number of hydrogen-bond acceptors (Lipinski definition) is 4. The van der Waals surface area contributed by atoms with E-state index < -0.39 is 28.4 Å². The fourth-order valence-corrected chi connectivity index (χ4v) is 2.95. The molecule has 0 radical (unpaired) electrons. The molecular formula is C16H16FNO4S. The van der Waals surface area contributed by atoms with E-state index in [9.17, 15) is 17.6 Å². The minimum atomic E-state index is -3.87. The first-order valence-electron chi connectivity index (χ1n) is 6.81. The standard InChI is InChI=1S/C16H16FNO4S/c1-18(23(20,21)15-9-7-14(17)8-10-15)11-16(19)22-12-13-5-3-2-4-6-13/h2-10H,11-12H2,1H3. The highest BCUT2D eigenvalue weighted by Gasteiger charge is 2.23. The third-order valence-corrected chi connectivity index (χ3v) is 4.93. The summed E-state index contributed by atoms with van der Waals surface area (Å²) in [7, 11) is -2.60. The van der Waals surface area contributed by atoms with Gasteiger partial charge < -0.3 is 4.74 Å². The van der Waals surface area contributed by atoms with Crippen molar-refractivity contribution in [1.82, 2.24) is 4.31 Å². The molecule has 0 spiro atoms. The smallest absolute Gasteiger partial charge is 0.321 e. The van der Waals surface area contributed by atoms with Gasteiger partial charge in [-0.05, 0) is 29.8 Å². The number of halogens is 1. The van der Waals surface area contributed by atoms with Gasteiger partial charge in [-0.15, -0.1) is 0 Å². The number of carbonyl (C=O) groups is 1. The molecule has 0 unspecified atom stereocenters. The van der Waals surface area contributed by atoms with Gasteiger partial charge in [-0.2, -0.15) is 4.31 Å². The SMILES string of the molecule is CN(CC(=O)OCc1ccccc1)S(=O)(=O)c1ccc(F)cc1. The van der Waals surface area contributed by atoms with Crippen molar-refractivity contribution in [2.75, 3.05) is 13.6 Å². The molecule has 0 bridgehead atoms. The number of likely N-dealkylation sites (N-methyl/N-ethyl adjacent to an activating group) is 1. The number of ether oxygens (including phenoxy) is 1. The van der Waals surface area contributed by atoms with Crippen molar-refractivity contribution < 1.29 is 22.3 Å². The Morgan fingerprint density at radius 1 is 1.09 bits per heavy atom. The highest BCUT2D eigenvalue weighted by molar-refractivity contribution is 7.89. The Balaban J connectivity index is 1.96. The zero-order valence-electron chi connectivity index (χ0n) is 12.5. The zero-order chi connectivity index (χ0) is 16.9. The summed E-state index contributed by atoms with van der Waals surface area (Å²) < 4.78 is 43.3. The van der Waals surface area contributed by atoms with E-state index in [0.29, 0.717) is 0 Å². The van der Waals surface area contributed by atoms with Crippen molar-refractivity contribution in [3.05, 3.63) is 66.0 Å². The highest BCUT2D eigenvalue weighted by Crippen LogP contribution is 2.14. The molecular weight excluding hydrogens is 321 g/mol. The van der Waals surface area contributed by atoms with E-state index in [1.165, 1.54) is 7.05 Å². The first-order chi connectivity index (χ1) is 10.9. The molecule has 5 nitrogen and oxygen atoms in total. The van der Waals surface area contributed by atoms with E-state index in [1.54, 1.807) is 12.1 Å². The minimum Gasteiger partial charge on any atom is -0.460 e. The van der Waals surface area contributed by atoms with Crippen LogP contribution in [0, 0.1) is 5.82 Å². The lowest BCUT2D eigenvalue weighted by molar-refractivity contribution is -0.144. The molecule has 122 valence electrons. The van der Waals surface area contributed by atoms with E-state index in [2.05, 4.69) is 0 Å². The second kappa shape index (κ2) is 7.34. The van der Waals surface area contributed by atoms with Crippen LogP contribution in [0.1, 0.15) is 5.56 Å². The first-order valence-corrected chi connectivity index (χ1v) is 8.25. The molecule has 0 aliphatic carbocycles. The summed E-state index contributed by atoms with van der Waals surface area (Å²) in [5.41, 5.74) is 0.810. The van der Waals surface area contributed by atoms with Gasteiger partial charge in [-0.25, -0.2) is 12.8 Å². The fraction of sp³-hybridized carbons (Fsp3) is 0.188. The maximum Gasteiger partial charge on any atom is 0.321 e. The van der Waals surface area contributed by atoms with Gasteiger partial charge in [0.1, 0.15) is 19.0 Å². The highest BCUT2D eigenvalue weighted by atomic mass is 32.2. The molecule has 0 aliphatic rings. The molecule has 0 amide bonds. The van der Waals surface area contributed by atoms with Crippen LogP contribution < -0.4 is 0 Å². The number of benzene rings is 2. The number of sulfonamides is 1. The van der Waals surface area contributed by atoms with Gasteiger partial charge >= 0.3 is 5.97 Å². The lowest BCUT2D eigenvalue weighted by Crippen LogP contribution is -2.33. The second-order valence-corrected chi connectivity index (χ2v) is 6.91. The fourth-order valence-electron chi connectivity index (χ4n) is 1.84. The predicted molar refractivity (Wildman–Crippen MR) is 82.5 cm³/mol. The molecule has 2 aromatic rings. The van der Waals surface area contributed by atoms with Crippen molar-refractivity contribution in [3.8, 4) is 0 Å². The van der Waals surface area contributed by atoms with Crippen LogP contribution in [0.15, 0.2) is 59.5 Å². The van der Waals surface area contributed by atoms with Crippen LogP contribution in [-0.2, 0) is 26.2 Å². The Morgan fingerprint density at radius 2 is 1.70 bits per heavy atom. The van der Waals surface area contributed by atoms with Crippen LogP contribution in [0.2, 0.25) is 0 Å². The third kappa shape index (κ3) is 4.61. The van der Waals surface area contributed by atoms with E-state index in [0.717, 1.165) is 34.1 Å². The Hall–Kier alpha value is -2.25. The number of rotatable bonds is 6. The second-order valence-electron chi connectivity index (χ2n) is 4.86. The summed E-state index contributed by atoms with van der Waals surface area (Å²) in [5, 5.41) is 0. The Morgan fingerprint density at radius 3 is 2.30 bits per heavy atom. The van der Waals surface area contributed by atoms with Crippen molar-refractivity contribution in [1.29, 1.82) is 0 Å². The van der Waals surface area contributed by atoms with Gasteiger partial charge in [-0.1, -0.05) is 30.3 Å². The van der Waals surface area contributed by atoms with Crippen LogP contribution in [0.25, 0.3) is 0 Å². The summed E-state index contributed by atoms with van der Waals surface area (Å²) in [6, 6.07) is 13.5. The number of hydrogen-bond donors (Lipinski definition) is 0. The van der Waals surface area contributed by atoms with Gasteiger partial charge in [-0.3, -0.25) is 4.79 Å². The Labute approximate surface area is 134 Å². The van der Waals surface area contributed by atoms with E-state index in [4.69, 9.17) is 4.74 Å². The first kappa shape index (κ1) is 17.1. The van der Waals surface area contributed by atoms with Crippen LogP contribution in [0.3, 0.4) is 0 Å². The summed E-state index contributed by atoms with van der Waals surface area (Å²) in [6.07, 6.45) is 0. The molecule has 0 saturated heterocycles. The lowest BCUT2D eigenvalue weighted by Gasteiger charge is -2.16. The van der Waals surface area contributed by atoms with Crippen molar-refractivity contribution >= 4 is 16.0 Å². The van der Waals surface area contributed by atoms with Crippen LogP contribution in [0.4, 0.5) is 4.39 Å². The largest absolute Gasteiger partial charge is 0.460 e. The monoisotopic (exact) mass is 337 g/mol. The predicted octanol–water partition coefficient (Wildman–Crippen LogP) is 2.19. The maximum absolute atomic E-state index is 12.9. The van der Waals surface area contributed by atoms with Gasteiger partial charge in [0.05, 0.1) is 4.90 Å². The summed E-state index contributed by atoms with van der Waals surface area (Å²) in [6.45, 7) is -0.351.